The maximum Gasteiger partial charge on any atom is 0.0440 e. The van der Waals surface area contributed by atoms with Crippen molar-refractivity contribution < 1.29 is 0 Å². The maximum atomic E-state index is 3.53. The molecule has 0 amide bonds. The summed E-state index contributed by atoms with van der Waals surface area (Å²) in [5.41, 5.74) is 6.76. The van der Waals surface area contributed by atoms with Crippen LogP contribution in [0.4, 0.5) is 11.4 Å². The number of nitrogens with one attached hydrogen (secondary N) is 2. The van der Waals surface area contributed by atoms with Crippen molar-refractivity contribution in [2.75, 3.05) is 10.0 Å². The second-order valence-electron chi connectivity index (χ2n) is 6.16. The summed E-state index contributed by atoms with van der Waals surface area (Å²) in [4.78, 5) is 0. The van der Waals surface area contributed by atoms with Crippen LogP contribution in [0.15, 0.2) is 42.5 Å². The molecule has 0 atom stereocenters. The third-order valence-corrected chi connectivity index (χ3v) is 4.79. The first-order valence-electron chi connectivity index (χ1n) is 8.07. The number of benzene rings is 2. The lowest BCUT2D eigenvalue weighted by molar-refractivity contribution is 0.912. The van der Waals surface area contributed by atoms with Crippen LogP contribution in [0, 0.1) is 0 Å². The standard InChI is InChI=1S/C19H24N2S/c1-14(2)22-21-18-9-6-15(7-10-18)13-20-19-11-8-16-4-3-5-17(16)12-19/h6-12,14,20-21H,3-5,13H2,1-2H3. The lowest BCUT2D eigenvalue weighted by atomic mass is 10.1. The number of rotatable bonds is 6. The van der Waals surface area contributed by atoms with E-state index in [0.717, 1.165) is 6.54 Å². The molecule has 22 heavy (non-hydrogen) atoms. The summed E-state index contributed by atoms with van der Waals surface area (Å²) in [6.07, 6.45) is 3.79. The van der Waals surface area contributed by atoms with E-state index in [0.29, 0.717) is 5.25 Å². The van der Waals surface area contributed by atoms with Gasteiger partial charge in [-0.05, 0) is 72.2 Å². The lowest BCUT2D eigenvalue weighted by Gasteiger charge is -2.11. The molecule has 2 aromatic rings. The highest BCUT2D eigenvalue weighted by Crippen LogP contribution is 2.25. The van der Waals surface area contributed by atoms with E-state index in [2.05, 4.69) is 66.4 Å². The molecule has 1 aliphatic carbocycles. The zero-order valence-electron chi connectivity index (χ0n) is 13.4. The third-order valence-electron chi connectivity index (χ3n) is 3.96. The van der Waals surface area contributed by atoms with Gasteiger partial charge in [0.2, 0.25) is 0 Å². The Morgan fingerprint density at radius 1 is 0.955 bits per heavy atom. The van der Waals surface area contributed by atoms with Crippen molar-refractivity contribution in [3.8, 4) is 0 Å². The van der Waals surface area contributed by atoms with Crippen molar-refractivity contribution in [1.82, 2.24) is 0 Å². The molecule has 3 heteroatoms. The summed E-state index contributed by atoms with van der Waals surface area (Å²) in [7, 11) is 0. The highest BCUT2D eigenvalue weighted by Gasteiger charge is 2.10. The van der Waals surface area contributed by atoms with Gasteiger partial charge in [0, 0.05) is 23.2 Å². The summed E-state index contributed by atoms with van der Waals surface area (Å²) in [6.45, 7) is 5.25. The van der Waals surface area contributed by atoms with Gasteiger partial charge in [0.05, 0.1) is 0 Å². The van der Waals surface area contributed by atoms with Crippen LogP contribution < -0.4 is 10.0 Å². The van der Waals surface area contributed by atoms with Crippen LogP contribution in [0.5, 0.6) is 0 Å². The molecule has 0 saturated carbocycles. The summed E-state index contributed by atoms with van der Waals surface area (Å²) in [5.74, 6) is 0. The largest absolute Gasteiger partial charge is 0.381 e. The van der Waals surface area contributed by atoms with E-state index in [1.54, 1.807) is 11.9 Å². The van der Waals surface area contributed by atoms with Gasteiger partial charge in [0.25, 0.3) is 0 Å². The molecule has 0 unspecified atom stereocenters. The number of hydrogen-bond acceptors (Lipinski definition) is 3. The monoisotopic (exact) mass is 312 g/mol. The fraction of sp³-hybridized carbons (Fsp3) is 0.368. The highest BCUT2D eigenvalue weighted by atomic mass is 32.2. The summed E-state index contributed by atoms with van der Waals surface area (Å²) in [6, 6.07) is 15.5. The Bertz CT molecular complexity index is 620. The quantitative estimate of drug-likeness (QED) is 0.712. The smallest absolute Gasteiger partial charge is 0.0440 e. The molecule has 2 aromatic carbocycles. The first-order valence-corrected chi connectivity index (χ1v) is 8.95. The molecule has 0 fully saturated rings. The van der Waals surface area contributed by atoms with Crippen LogP contribution in [-0.2, 0) is 19.4 Å². The third kappa shape index (κ3) is 3.98. The molecule has 2 nitrogen and oxygen atoms in total. The number of fused-ring (bicyclic) bond motifs is 1. The van der Waals surface area contributed by atoms with Crippen molar-refractivity contribution in [3.05, 3.63) is 59.2 Å². The van der Waals surface area contributed by atoms with E-state index in [1.807, 2.05) is 0 Å². The van der Waals surface area contributed by atoms with E-state index >= 15 is 0 Å². The second-order valence-corrected chi connectivity index (χ2v) is 7.54. The molecule has 1 aliphatic rings. The molecule has 0 bridgehead atoms. The van der Waals surface area contributed by atoms with Crippen LogP contribution in [0.2, 0.25) is 0 Å². The van der Waals surface area contributed by atoms with Gasteiger partial charge in [-0.1, -0.05) is 32.0 Å². The zero-order chi connectivity index (χ0) is 15.4. The summed E-state index contributed by atoms with van der Waals surface area (Å²) < 4.78 is 3.37. The van der Waals surface area contributed by atoms with Crippen LogP contribution in [0.1, 0.15) is 37.0 Å². The van der Waals surface area contributed by atoms with Gasteiger partial charge in [-0.15, -0.1) is 0 Å². The Balaban J connectivity index is 1.55. The average molecular weight is 312 g/mol. The first-order chi connectivity index (χ1) is 10.7. The highest BCUT2D eigenvalue weighted by molar-refractivity contribution is 8.01. The minimum atomic E-state index is 0.584. The van der Waals surface area contributed by atoms with Crippen LogP contribution in [-0.4, -0.2) is 5.25 Å². The van der Waals surface area contributed by atoms with Crippen molar-refractivity contribution >= 4 is 23.3 Å². The van der Waals surface area contributed by atoms with E-state index in [4.69, 9.17) is 0 Å². The van der Waals surface area contributed by atoms with Gasteiger partial charge in [-0.3, -0.25) is 0 Å². The molecule has 0 heterocycles. The van der Waals surface area contributed by atoms with Crippen molar-refractivity contribution in [2.24, 2.45) is 0 Å². The maximum absolute atomic E-state index is 3.53. The van der Waals surface area contributed by atoms with Crippen molar-refractivity contribution in [2.45, 2.75) is 44.9 Å². The van der Waals surface area contributed by atoms with Gasteiger partial charge >= 0.3 is 0 Å². The van der Waals surface area contributed by atoms with Gasteiger partial charge < -0.3 is 10.0 Å². The van der Waals surface area contributed by atoms with E-state index < -0.39 is 0 Å². The molecule has 0 aliphatic heterocycles. The SMILES string of the molecule is CC(C)SNc1ccc(CNc2ccc3c(c2)CCC3)cc1. The Hall–Kier alpha value is -1.61. The number of aryl methyl sites for hydroxylation is 2. The fourth-order valence-electron chi connectivity index (χ4n) is 2.76. The lowest BCUT2D eigenvalue weighted by Crippen LogP contribution is -2.00. The molecule has 2 N–H and O–H groups in total. The molecule has 0 aromatic heterocycles. The Morgan fingerprint density at radius 3 is 2.45 bits per heavy atom. The molecular formula is C19H24N2S. The van der Waals surface area contributed by atoms with Gasteiger partial charge in [0.1, 0.15) is 0 Å². The van der Waals surface area contributed by atoms with Crippen molar-refractivity contribution in [1.29, 1.82) is 0 Å². The van der Waals surface area contributed by atoms with E-state index in [9.17, 15) is 0 Å². The Morgan fingerprint density at radius 2 is 1.68 bits per heavy atom. The minimum absolute atomic E-state index is 0.584. The Kier molecular flexibility index (Phi) is 4.94. The van der Waals surface area contributed by atoms with E-state index in [1.165, 1.54) is 47.3 Å². The first kappa shape index (κ1) is 15.3. The van der Waals surface area contributed by atoms with Crippen molar-refractivity contribution in [3.63, 3.8) is 0 Å². The van der Waals surface area contributed by atoms with Crippen LogP contribution in [0.25, 0.3) is 0 Å². The van der Waals surface area contributed by atoms with Crippen LogP contribution >= 0.6 is 11.9 Å². The number of anilines is 2. The zero-order valence-corrected chi connectivity index (χ0v) is 14.2. The minimum Gasteiger partial charge on any atom is -0.381 e. The Labute approximate surface area is 137 Å². The van der Waals surface area contributed by atoms with E-state index in [-0.39, 0.29) is 0 Å². The fourth-order valence-corrected chi connectivity index (χ4v) is 3.27. The second kappa shape index (κ2) is 7.10. The predicted molar refractivity (Wildman–Crippen MR) is 98.6 cm³/mol. The van der Waals surface area contributed by atoms with Gasteiger partial charge in [-0.25, -0.2) is 0 Å². The molecule has 3 rings (SSSR count). The molecule has 116 valence electrons. The summed E-state index contributed by atoms with van der Waals surface area (Å²) in [5, 5.41) is 4.12. The van der Waals surface area contributed by atoms with Gasteiger partial charge in [-0.2, -0.15) is 0 Å². The average Bonchev–Trinajstić information content (AvgIpc) is 2.99. The molecule has 0 radical (unpaired) electrons. The molecule has 0 spiro atoms. The topological polar surface area (TPSA) is 24.1 Å². The normalized spacial score (nSPS) is 13.2. The summed E-state index contributed by atoms with van der Waals surface area (Å²) >= 11 is 1.75. The number of hydrogen-bond donors (Lipinski definition) is 2. The predicted octanol–water partition coefficient (Wildman–Crippen LogP) is 5.26. The van der Waals surface area contributed by atoms with Gasteiger partial charge in [0.15, 0.2) is 0 Å². The molecular weight excluding hydrogens is 288 g/mol. The molecule has 0 saturated heterocycles. The van der Waals surface area contributed by atoms with Crippen LogP contribution in [0.3, 0.4) is 0 Å².